The third kappa shape index (κ3) is 2.63. The maximum Gasteiger partial charge on any atom is 0.190 e. The summed E-state index contributed by atoms with van der Waals surface area (Å²) in [6.07, 6.45) is 12.4. The molecule has 1 radical (unpaired) electrons. The molecule has 3 rings (SSSR count). The fourth-order valence-corrected chi connectivity index (χ4v) is 2.16. The van der Waals surface area contributed by atoms with Crippen molar-refractivity contribution < 1.29 is 4.74 Å². The molecule has 2 nitrogen and oxygen atoms in total. The van der Waals surface area contributed by atoms with Crippen molar-refractivity contribution in [1.82, 2.24) is 4.90 Å². The van der Waals surface area contributed by atoms with Crippen molar-refractivity contribution in [2.24, 2.45) is 0 Å². The fourth-order valence-electron chi connectivity index (χ4n) is 2.16. The van der Waals surface area contributed by atoms with Crippen molar-refractivity contribution in [3.63, 3.8) is 0 Å². The largest absolute Gasteiger partial charge is 0.467 e. The van der Waals surface area contributed by atoms with E-state index in [1.165, 1.54) is 5.57 Å². The summed E-state index contributed by atoms with van der Waals surface area (Å²) in [5.41, 5.74) is 2.35. The highest BCUT2D eigenvalue weighted by Gasteiger charge is 2.19. The van der Waals surface area contributed by atoms with E-state index in [0.717, 1.165) is 11.4 Å². The molecule has 1 aliphatic heterocycles. The maximum absolute atomic E-state index is 5.97. The standard InChI is InChI=1S/C17H16NO/c1-18(13-14-7-3-2-4-8-14)17-12-11-15-9-5-6-10-16(15)19-17/h2-13,16H,1H3. The number of fused-ring (bicyclic) bond motifs is 1. The number of allylic oxidation sites excluding steroid dienone is 4. The summed E-state index contributed by atoms with van der Waals surface area (Å²) in [6.45, 7) is 2.06. The average molecular weight is 250 g/mol. The Morgan fingerprint density at radius 3 is 2.79 bits per heavy atom. The Hall–Kier alpha value is -2.22. The van der Waals surface area contributed by atoms with Crippen LogP contribution < -0.4 is 0 Å². The maximum atomic E-state index is 5.97. The summed E-state index contributed by atoms with van der Waals surface area (Å²) in [6, 6.07) is 10.2. The Balaban J connectivity index is 1.73. The van der Waals surface area contributed by atoms with Gasteiger partial charge in [0.1, 0.15) is 6.10 Å². The summed E-state index contributed by atoms with van der Waals surface area (Å²) < 4.78 is 5.97. The van der Waals surface area contributed by atoms with E-state index in [2.05, 4.69) is 36.9 Å². The number of hydrogen-bond acceptors (Lipinski definition) is 2. The van der Waals surface area contributed by atoms with E-state index in [-0.39, 0.29) is 6.10 Å². The monoisotopic (exact) mass is 250 g/mol. The molecule has 1 heterocycles. The molecule has 0 bridgehead atoms. The number of nitrogens with zero attached hydrogens (tertiary/aromatic N) is 1. The van der Waals surface area contributed by atoms with Crippen LogP contribution in [-0.4, -0.2) is 18.1 Å². The minimum Gasteiger partial charge on any atom is -0.467 e. The van der Waals surface area contributed by atoms with Crippen LogP contribution in [0.25, 0.3) is 0 Å². The van der Waals surface area contributed by atoms with E-state index in [4.69, 9.17) is 4.74 Å². The molecular formula is C17H16NO. The molecule has 1 aromatic carbocycles. The zero-order chi connectivity index (χ0) is 13.1. The van der Waals surface area contributed by atoms with Gasteiger partial charge in [0, 0.05) is 7.05 Å². The second kappa shape index (κ2) is 5.19. The minimum atomic E-state index is 0.0385. The van der Waals surface area contributed by atoms with Crippen LogP contribution in [0, 0.1) is 6.54 Å². The van der Waals surface area contributed by atoms with Gasteiger partial charge in [-0.05, 0) is 29.4 Å². The Morgan fingerprint density at radius 1 is 1.11 bits per heavy atom. The molecule has 0 amide bonds. The predicted octanol–water partition coefficient (Wildman–Crippen LogP) is 3.42. The second-order valence-electron chi connectivity index (χ2n) is 4.60. The average Bonchev–Trinajstić information content (AvgIpc) is 2.48. The molecule has 0 saturated carbocycles. The van der Waals surface area contributed by atoms with Gasteiger partial charge in [-0.1, -0.05) is 48.6 Å². The van der Waals surface area contributed by atoms with Crippen molar-refractivity contribution in [3.8, 4) is 0 Å². The summed E-state index contributed by atoms with van der Waals surface area (Å²) in [4.78, 5) is 2.01. The van der Waals surface area contributed by atoms with Crippen LogP contribution in [0.15, 0.2) is 78.2 Å². The Kier molecular flexibility index (Phi) is 3.23. The zero-order valence-electron chi connectivity index (χ0n) is 10.9. The van der Waals surface area contributed by atoms with E-state index >= 15 is 0 Å². The zero-order valence-corrected chi connectivity index (χ0v) is 10.9. The first-order chi connectivity index (χ1) is 9.33. The number of hydrogen-bond donors (Lipinski definition) is 0. The second-order valence-corrected chi connectivity index (χ2v) is 4.60. The lowest BCUT2D eigenvalue weighted by molar-refractivity contribution is 0.117. The van der Waals surface area contributed by atoms with Crippen LogP contribution in [0.5, 0.6) is 0 Å². The van der Waals surface area contributed by atoms with Crippen LogP contribution >= 0.6 is 0 Å². The first-order valence-electron chi connectivity index (χ1n) is 6.39. The third-order valence-electron chi connectivity index (χ3n) is 3.17. The number of ether oxygens (including phenoxy) is 1. The molecule has 2 aliphatic rings. The van der Waals surface area contributed by atoms with Gasteiger partial charge in [0.2, 0.25) is 0 Å². The normalized spacial score (nSPS) is 20.2. The van der Waals surface area contributed by atoms with E-state index < -0.39 is 0 Å². The van der Waals surface area contributed by atoms with Gasteiger partial charge in [0.15, 0.2) is 5.88 Å². The molecule has 0 saturated heterocycles. The van der Waals surface area contributed by atoms with Crippen molar-refractivity contribution >= 4 is 0 Å². The first-order valence-corrected chi connectivity index (χ1v) is 6.39. The van der Waals surface area contributed by atoms with E-state index in [9.17, 15) is 0 Å². The SMILES string of the molecule is CN([CH]c1ccccc1)C1=CC=C2C=CC=CC2O1. The summed E-state index contributed by atoms with van der Waals surface area (Å²) in [5, 5.41) is 0. The minimum absolute atomic E-state index is 0.0385. The molecular weight excluding hydrogens is 234 g/mol. The van der Waals surface area contributed by atoms with Crippen LogP contribution in [0.3, 0.4) is 0 Å². The molecule has 1 aromatic rings. The van der Waals surface area contributed by atoms with Gasteiger partial charge in [-0.25, -0.2) is 0 Å². The Bertz CT molecular complexity index is 566. The molecule has 0 spiro atoms. The Labute approximate surface area is 114 Å². The summed E-state index contributed by atoms with van der Waals surface area (Å²) in [5.74, 6) is 0.859. The van der Waals surface area contributed by atoms with Crippen molar-refractivity contribution in [1.29, 1.82) is 0 Å². The van der Waals surface area contributed by atoms with Crippen LogP contribution in [0.4, 0.5) is 0 Å². The van der Waals surface area contributed by atoms with Crippen LogP contribution in [0.2, 0.25) is 0 Å². The molecule has 0 fully saturated rings. The van der Waals surface area contributed by atoms with Crippen molar-refractivity contribution in [2.75, 3.05) is 7.05 Å². The first kappa shape index (κ1) is 11.8. The van der Waals surface area contributed by atoms with E-state index in [0.29, 0.717) is 0 Å². The summed E-state index contributed by atoms with van der Waals surface area (Å²) in [7, 11) is 2.00. The van der Waals surface area contributed by atoms with Gasteiger partial charge in [0.05, 0.1) is 6.54 Å². The molecule has 0 N–H and O–H groups in total. The Morgan fingerprint density at radius 2 is 1.95 bits per heavy atom. The predicted molar refractivity (Wildman–Crippen MR) is 76.9 cm³/mol. The number of rotatable bonds is 3. The van der Waals surface area contributed by atoms with Gasteiger partial charge in [-0.15, -0.1) is 0 Å². The quantitative estimate of drug-likeness (QED) is 0.815. The lowest BCUT2D eigenvalue weighted by atomic mass is 10.0. The third-order valence-corrected chi connectivity index (χ3v) is 3.17. The van der Waals surface area contributed by atoms with Gasteiger partial charge < -0.3 is 9.64 Å². The summed E-state index contributed by atoms with van der Waals surface area (Å²) >= 11 is 0. The van der Waals surface area contributed by atoms with E-state index in [1.807, 2.05) is 48.4 Å². The van der Waals surface area contributed by atoms with Gasteiger partial charge >= 0.3 is 0 Å². The van der Waals surface area contributed by atoms with Crippen molar-refractivity contribution in [3.05, 3.63) is 90.4 Å². The molecule has 19 heavy (non-hydrogen) atoms. The van der Waals surface area contributed by atoms with Crippen molar-refractivity contribution in [2.45, 2.75) is 6.10 Å². The molecule has 2 heteroatoms. The molecule has 1 unspecified atom stereocenters. The highest BCUT2D eigenvalue weighted by molar-refractivity contribution is 5.40. The van der Waals surface area contributed by atoms with Crippen LogP contribution in [-0.2, 0) is 4.74 Å². The fraction of sp³-hybridized carbons (Fsp3) is 0.118. The molecule has 1 atom stereocenters. The number of benzene rings is 1. The highest BCUT2D eigenvalue weighted by atomic mass is 16.5. The highest BCUT2D eigenvalue weighted by Crippen LogP contribution is 2.25. The van der Waals surface area contributed by atoms with E-state index in [1.54, 1.807) is 0 Å². The molecule has 1 aliphatic carbocycles. The molecule has 0 aromatic heterocycles. The topological polar surface area (TPSA) is 12.5 Å². The molecule has 95 valence electrons. The lowest BCUT2D eigenvalue weighted by Crippen LogP contribution is -2.25. The van der Waals surface area contributed by atoms with Gasteiger partial charge in [0.25, 0.3) is 0 Å². The lowest BCUT2D eigenvalue weighted by Gasteiger charge is -2.29. The van der Waals surface area contributed by atoms with Crippen LogP contribution in [0.1, 0.15) is 5.56 Å². The van der Waals surface area contributed by atoms with Gasteiger partial charge in [-0.3, -0.25) is 0 Å². The smallest absolute Gasteiger partial charge is 0.190 e. The van der Waals surface area contributed by atoms with Gasteiger partial charge in [-0.2, -0.15) is 0 Å².